The zero-order chi connectivity index (χ0) is 15.1. The molecule has 108 valence electrons. The van der Waals surface area contributed by atoms with Crippen molar-refractivity contribution < 1.29 is 0 Å². The summed E-state index contributed by atoms with van der Waals surface area (Å²) in [6, 6.07) is 0. The van der Waals surface area contributed by atoms with E-state index in [1.807, 2.05) is 12.3 Å². The van der Waals surface area contributed by atoms with Gasteiger partial charge in [-0.3, -0.25) is 14.6 Å². The van der Waals surface area contributed by atoms with E-state index in [2.05, 4.69) is 15.0 Å². The molecule has 3 rings (SSSR count). The first-order valence-corrected chi connectivity index (χ1v) is 7.21. The van der Waals surface area contributed by atoms with Crippen molar-refractivity contribution in [2.75, 3.05) is 0 Å². The van der Waals surface area contributed by atoms with Crippen molar-refractivity contribution in [2.24, 2.45) is 0 Å². The quantitative estimate of drug-likeness (QED) is 0.732. The third-order valence-corrected chi connectivity index (χ3v) is 4.22. The Labute approximate surface area is 121 Å². The van der Waals surface area contributed by atoms with Gasteiger partial charge in [-0.25, -0.2) is 9.78 Å². The number of nitrogens with zero attached hydrogens (tertiary/aromatic N) is 2. The maximum Gasteiger partial charge on any atom is 0.328 e. The number of aromatic amines is 2. The number of fused-ring (bicyclic) bond motifs is 1. The topological polar surface area (TPSA) is 101 Å². The molecule has 0 saturated carbocycles. The Morgan fingerprint density at radius 3 is 2.71 bits per heavy atom. The lowest BCUT2D eigenvalue weighted by atomic mass is 10.2. The summed E-state index contributed by atoms with van der Waals surface area (Å²) in [6.07, 6.45) is 1.41. The van der Waals surface area contributed by atoms with Gasteiger partial charge in [-0.05, 0) is 24.8 Å². The lowest BCUT2D eigenvalue weighted by Gasteiger charge is -2.04. The van der Waals surface area contributed by atoms with Crippen molar-refractivity contribution in [1.82, 2.24) is 19.5 Å². The van der Waals surface area contributed by atoms with Gasteiger partial charge in [-0.1, -0.05) is 0 Å². The van der Waals surface area contributed by atoms with Crippen LogP contribution in [-0.2, 0) is 6.54 Å². The molecule has 0 unspecified atom stereocenters. The monoisotopic (exact) mass is 304 g/mol. The molecule has 7 nitrogen and oxygen atoms in total. The molecule has 0 fully saturated rings. The molecule has 0 atom stereocenters. The Balaban J connectivity index is 2.33. The summed E-state index contributed by atoms with van der Waals surface area (Å²) < 4.78 is 1.35. The van der Waals surface area contributed by atoms with Crippen LogP contribution in [0.15, 0.2) is 26.0 Å². The largest absolute Gasteiger partial charge is 0.328 e. The number of rotatable bonds is 2. The molecule has 0 aliphatic heterocycles. The van der Waals surface area contributed by atoms with Gasteiger partial charge in [0.05, 0.1) is 10.9 Å². The van der Waals surface area contributed by atoms with E-state index in [-0.39, 0.29) is 16.9 Å². The molecule has 0 aliphatic carbocycles. The molecule has 0 aromatic carbocycles. The average Bonchev–Trinajstić information content (AvgIpc) is 2.81. The van der Waals surface area contributed by atoms with Gasteiger partial charge < -0.3 is 9.55 Å². The fraction of sp³-hybridized carbons (Fsp3) is 0.231. The van der Waals surface area contributed by atoms with Gasteiger partial charge in [0.2, 0.25) is 0 Å². The van der Waals surface area contributed by atoms with Gasteiger partial charge in [0, 0.05) is 12.7 Å². The highest BCUT2D eigenvalue weighted by Gasteiger charge is 2.13. The smallest absolute Gasteiger partial charge is 0.306 e. The molecule has 0 radical (unpaired) electrons. The fourth-order valence-electron chi connectivity index (χ4n) is 2.13. The second kappa shape index (κ2) is 4.81. The zero-order valence-corrected chi connectivity index (χ0v) is 12.2. The van der Waals surface area contributed by atoms with Crippen LogP contribution in [0.2, 0.25) is 0 Å². The predicted molar refractivity (Wildman–Crippen MR) is 81.0 cm³/mol. The van der Waals surface area contributed by atoms with Crippen LogP contribution in [0.5, 0.6) is 0 Å². The van der Waals surface area contributed by atoms with Gasteiger partial charge in [-0.15, -0.1) is 11.3 Å². The summed E-state index contributed by atoms with van der Waals surface area (Å²) >= 11 is 1.34. The Kier molecular flexibility index (Phi) is 3.09. The van der Waals surface area contributed by atoms with Crippen LogP contribution in [0, 0.1) is 6.92 Å². The highest BCUT2D eigenvalue weighted by atomic mass is 32.1. The van der Waals surface area contributed by atoms with Gasteiger partial charge in [0.25, 0.3) is 11.1 Å². The second-order valence-corrected chi connectivity index (χ2v) is 5.46. The van der Waals surface area contributed by atoms with Crippen LogP contribution in [0.25, 0.3) is 21.6 Å². The van der Waals surface area contributed by atoms with Crippen LogP contribution in [0.1, 0.15) is 12.5 Å². The Morgan fingerprint density at radius 2 is 2.00 bits per heavy atom. The van der Waals surface area contributed by atoms with E-state index in [4.69, 9.17) is 0 Å². The SMILES string of the molecule is CCn1cc(-c2nc3scc(C)c3c(=O)[nH]2)c(=O)[nH]c1=O. The number of hydrogen-bond acceptors (Lipinski definition) is 5. The van der Waals surface area contributed by atoms with Crippen molar-refractivity contribution in [3.05, 3.63) is 48.3 Å². The number of H-pyrrole nitrogens is 2. The molecule has 0 spiro atoms. The van der Waals surface area contributed by atoms with Crippen molar-refractivity contribution >= 4 is 21.6 Å². The minimum atomic E-state index is -0.569. The van der Waals surface area contributed by atoms with Crippen molar-refractivity contribution in [1.29, 1.82) is 0 Å². The van der Waals surface area contributed by atoms with Crippen LogP contribution < -0.4 is 16.8 Å². The molecular weight excluding hydrogens is 292 g/mol. The Morgan fingerprint density at radius 1 is 1.24 bits per heavy atom. The first kappa shape index (κ1) is 13.5. The molecule has 8 heteroatoms. The van der Waals surface area contributed by atoms with Crippen molar-refractivity contribution in [2.45, 2.75) is 20.4 Å². The number of nitrogens with one attached hydrogen (secondary N) is 2. The van der Waals surface area contributed by atoms with E-state index in [1.165, 1.54) is 22.1 Å². The Hall–Kier alpha value is -2.48. The first-order valence-electron chi connectivity index (χ1n) is 6.33. The summed E-state index contributed by atoms with van der Waals surface area (Å²) in [5, 5.41) is 2.37. The van der Waals surface area contributed by atoms with Gasteiger partial charge >= 0.3 is 5.69 Å². The van der Waals surface area contributed by atoms with Gasteiger partial charge in [0.1, 0.15) is 10.7 Å². The minimum Gasteiger partial charge on any atom is -0.306 e. The first-order chi connectivity index (χ1) is 10.0. The number of aromatic nitrogens is 4. The molecule has 0 bridgehead atoms. The normalized spacial score (nSPS) is 11.1. The summed E-state index contributed by atoms with van der Waals surface area (Å²) in [6.45, 7) is 4.03. The van der Waals surface area contributed by atoms with Crippen LogP contribution in [-0.4, -0.2) is 19.5 Å². The van der Waals surface area contributed by atoms with Crippen molar-refractivity contribution in [3.8, 4) is 11.4 Å². The van der Waals surface area contributed by atoms with E-state index < -0.39 is 11.2 Å². The predicted octanol–water partition coefficient (Wildman–Crippen LogP) is 0.830. The number of aryl methyl sites for hydroxylation is 2. The lowest BCUT2D eigenvalue weighted by Crippen LogP contribution is -2.30. The van der Waals surface area contributed by atoms with Crippen LogP contribution >= 0.6 is 11.3 Å². The summed E-state index contributed by atoms with van der Waals surface area (Å²) in [5.74, 6) is 0.165. The summed E-state index contributed by atoms with van der Waals surface area (Å²) in [5.41, 5.74) is -0.325. The molecule has 0 aliphatic rings. The fourth-order valence-corrected chi connectivity index (χ4v) is 3.05. The Bertz CT molecular complexity index is 1010. The second-order valence-electron chi connectivity index (χ2n) is 4.60. The number of thiophene rings is 1. The molecular formula is C13H12N4O3S. The molecule has 0 amide bonds. The lowest BCUT2D eigenvalue weighted by molar-refractivity contribution is 0.694. The van der Waals surface area contributed by atoms with E-state index >= 15 is 0 Å². The number of hydrogen-bond donors (Lipinski definition) is 2. The summed E-state index contributed by atoms with van der Waals surface area (Å²) in [7, 11) is 0. The molecule has 0 saturated heterocycles. The molecule has 3 aromatic rings. The van der Waals surface area contributed by atoms with E-state index in [9.17, 15) is 14.4 Å². The molecule has 2 N–H and O–H groups in total. The minimum absolute atomic E-state index is 0.165. The van der Waals surface area contributed by atoms with Crippen LogP contribution in [0.4, 0.5) is 0 Å². The average molecular weight is 304 g/mol. The highest BCUT2D eigenvalue weighted by molar-refractivity contribution is 7.16. The molecule has 21 heavy (non-hydrogen) atoms. The summed E-state index contributed by atoms with van der Waals surface area (Å²) in [4.78, 5) is 45.3. The van der Waals surface area contributed by atoms with E-state index in [0.29, 0.717) is 16.8 Å². The van der Waals surface area contributed by atoms with E-state index in [0.717, 1.165) is 5.56 Å². The van der Waals surface area contributed by atoms with Gasteiger partial charge in [-0.2, -0.15) is 0 Å². The highest BCUT2D eigenvalue weighted by Crippen LogP contribution is 2.21. The van der Waals surface area contributed by atoms with Crippen molar-refractivity contribution in [3.63, 3.8) is 0 Å². The standard InChI is InChI=1S/C13H12N4O3S/c1-3-17-4-7(10(18)16-13(17)20)9-14-11(19)8-6(2)5-21-12(8)15-9/h4-5H,3H2,1-2H3,(H,14,15,19)(H,16,18,20). The molecule has 3 heterocycles. The maximum absolute atomic E-state index is 12.1. The maximum atomic E-state index is 12.1. The third kappa shape index (κ3) is 2.13. The van der Waals surface area contributed by atoms with Gasteiger partial charge in [0.15, 0.2) is 0 Å². The van der Waals surface area contributed by atoms with Crippen LogP contribution in [0.3, 0.4) is 0 Å². The third-order valence-electron chi connectivity index (χ3n) is 3.23. The van der Waals surface area contributed by atoms with E-state index in [1.54, 1.807) is 6.92 Å². The molecule has 3 aromatic heterocycles. The zero-order valence-electron chi connectivity index (χ0n) is 11.4.